The van der Waals surface area contributed by atoms with E-state index in [9.17, 15) is 9.59 Å². The monoisotopic (exact) mass is 270 g/mol. The smallest absolute Gasteiger partial charge is 0.327 e. The van der Waals surface area contributed by atoms with Crippen molar-refractivity contribution in [1.29, 1.82) is 0 Å². The molecule has 0 aromatic carbocycles. The number of aromatic amines is 2. The zero-order valence-corrected chi connectivity index (χ0v) is 9.17. The van der Waals surface area contributed by atoms with E-state index in [4.69, 9.17) is 0 Å². The Balaban J connectivity index is 2.95. The van der Waals surface area contributed by atoms with Crippen LogP contribution in [0.2, 0.25) is 0 Å². The van der Waals surface area contributed by atoms with E-state index in [1.165, 1.54) is 4.57 Å². The van der Waals surface area contributed by atoms with Crippen LogP contribution in [0.5, 0.6) is 0 Å². The molecule has 2 aromatic heterocycles. The number of nitrogens with one attached hydrogen (secondary N) is 2. The largest absolute Gasteiger partial charge is 0.330 e. The number of hydrogen-bond acceptors (Lipinski definition) is 3. The molecule has 2 heterocycles. The van der Waals surface area contributed by atoms with Crippen molar-refractivity contribution in [3.8, 4) is 0 Å². The molecule has 0 spiro atoms. The molecule has 0 saturated carbocycles. The zero-order valence-electron chi connectivity index (χ0n) is 7.58. The predicted molar refractivity (Wildman–Crippen MR) is 58.9 cm³/mol. The Morgan fingerprint density at radius 1 is 1.47 bits per heavy atom. The third kappa shape index (κ3) is 1.54. The highest BCUT2D eigenvalue weighted by molar-refractivity contribution is 9.10. The molecular formula is C8H7BrN4O2. The Morgan fingerprint density at radius 3 is 2.87 bits per heavy atom. The average molecular weight is 271 g/mol. The third-order valence-corrected chi connectivity index (χ3v) is 2.29. The molecule has 0 aliphatic rings. The number of H-pyrrole nitrogens is 2. The van der Waals surface area contributed by atoms with Gasteiger partial charge in [0.2, 0.25) is 0 Å². The van der Waals surface area contributed by atoms with Crippen LogP contribution >= 0.6 is 15.9 Å². The van der Waals surface area contributed by atoms with Gasteiger partial charge in [0.25, 0.3) is 5.56 Å². The molecule has 0 aliphatic carbocycles. The summed E-state index contributed by atoms with van der Waals surface area (Å²) in [5, 5.41) is 0. The summed E-state index contributed by atoms with van der Waals surface area (Å²) in [5.41, 5.74) is -0.390. The van der Waals surface area contributed by atoms with Gasteiger partial charge in [-0.25, -0.2) is 9.78 Å². The normalized spacial score (nSPS) is 10.7. The van der Waals surface area contributed by atoms with Crippen LogP contribution in [-0.4, -0.2) is 19.5 Å². The van der Waals surface area contributed by atoms with Crippen molar-refractivity contribution in [1.82, 2.24) is 19.5 Å². The maximum absolute atomic E-state index is 11.4. The highest BCUT2D eigenvalue weighted by Gasteiger charge is 2.10. The number of fused-ring (bicyclic) bond motifs is 1. The summed E-state index contributed by atoms with van der Waals surface area (Å²) >= 11 is 3.11. The summed E-state index contributed by atoms with van der Waals surface area (Å²) in [6.07, 6.45) is 1.56. The molecule has 6 nitrogen and oxygen atoms in total. The Hall–Kier alpha value is -1.63. The van der Waals surface area contributed by atoms with Crippen molar-refractivity contribution in [2.24, 2.45) is 0 Å². The number of hydrogen-bond donors (Lipinski definition) is 2. The van der Waals surface area contributed by atoms with Gasteiger partial charge in [-0.1, -0.05) is 6.08 Å². The second-order valence-corrected chi connectivity index (χ2v) is 3.64. The summed E-state index contributed by atoms with van der Waals surface area (Å²) in [6.45, 7) is 3.83. The number of aromatic nitrogens is 4. The first-order valence-electron chi connectivity index (χ1n) is 4.12. The summed E-state index contributed by atoms with van der Waals surface area (Å²) in [7, 11) is 0. The Labute approximate surface area is 91.8 Å². The summed E-state index contributed by atoms with van der Waals surface area (Å²) in [6, 6.07) is 0. The molecule has 2 aromatic rings. The molecule has 0 aliphatic heterocycles. The topological polar surface area (TPSA) is 83.5 Å². The molecule has 7 heteroatoms. The van der Waals surface area contributed by atoms with Gasteiger partial charge in [-0.05, 0) is 15.9 Å². The minimum atomic E-state index is -0.494. The fraction of sp³-hybridized carbons (Fsp3) is 0.125. The summed E-state index contributed by atoms with van der Waals surface area (Å²) < 4.78 is 1.73. The average Bonchev–Trinajstić information content (AvgIpc) is 2.55. The molecular weight excluding hydrogens is 264 g/mol. The van der Waals surface area contributed by atoms with Crippen molar-refractivity contribution in [3.63, 3.8) is 0 Å². The van der Waals surface area contributed by atoms with Crippen molar-refractivity contribution in [2.75, 3.05) is 0 Å². The zero-order chi connectivity index (χ0) is 11.0. The van der Waals surface area contributed by atoms with Crippen LogP contribution < -0.4 is 11.2 Å². The first-order chi connectivity index (χ1) is 7.13. The van der Waals surface area contributed by atoms with Gasteiger partial charge in [0.1, 0.15) is 0 Å². The fourth-order valence-corrected chi connectivity index (χ4v) is 1.68. The Morgan fingerprint density at radius 2 is 2.20 bits per heavy atom. The van der Waals surface area contributed by atoms with Gasteiger partial charge >= 0.3 is 5.69 Å². The van der Waals surface area contributed by atoms with Crippen molar-refractivity contribution >= 4 is 27.1 Å². The molecule has 78 valence electrons. The van der Waals surface area contributed by atoms with E-state index in [1.807, 2.05) is 0 Å². The van der Waals surface area contributed by atoms with Gasteiger partial charge in [0.15, 0.2) is 15.9 Å². The lowest BCUT2D eigenvalue weighted by Crippen LogP contribution is -2.30. The molecule has 0 atom stereocenters. The SMILES string of the molecule is C=CCn1c(=O)[nH]c(=O)c2[nH]c(Br)nc21. The molecule has 15 heavy (non-hydrogen) atoms. The van der Waals surface area contributed by atoms with Crippen LogP contribution in [0.25, 0.3) is 11.2 Å². The molecule has 0 radical (unpaired) electrons. The van der Waals surface area contributed by atoms with Gasteiger partial charge in [-0.3, -0.25) is 14.3 Å². The Kier molecular flexibility index (Phi) is 2.31. The minimum Gasteiger partial charge on any atom is -0.327 e. The highest BCUT2D eigenvalue weighted by atomic mass is 79.9. The highest BCUT2D eigenvalue weighted by Crippen LogP contribution is 2.09. The van der Waals surface area contributed by atoms with Gasteiger partial charge in [-0.2, -0.15) is 0 Å². The minimum absolute atomic E-state index is 0.267. The summed E-state index contributed by atoms with van der Waals surface area (Å²) in [4.78, 5) is 31.7. The number of allylic oxidation sites excluding steroid dienone is 1. The molecule has 2 N–H and O–H groups in total. The van der Waals surface area contributed by atoms with Crippen LogP contribution in [0.1, 0.15) is 0 Å². The number of rotatable bonds is 2. The second kappa shape index (κ2) is 3.50. The van der Waals surface area contributed by atoms with E-state index in [0.717, 1.165) is 0 Å². The van der Waals surface area contributed by atoms with Crippen molar-refractivity contribution in [2.45, 2.75) is 6.54 Å². The lowest BCUT2D eigenvalue weighted by molar-refractivity contribution is 0.766. The standard InChI is InChI=1S/C8H7BrN4O2/c1-2-3-13-5-4(10-7(9)11-5)6(14)12-8(13)15/h2H,1,3H2,(H,10,11)(H,12,14,15). The predicted octanol–water partition coefficient (Wildman–Crippen LogP) is 0.361. The van der Waals surface area contributed by atoms with Gasteiger partial charge in [0, 0.05) is 6.54 Å². The molecule has 0 unspecified atom stereocenters. The molecule has 0 saturated heterocycles. The fourth-order valence-electron chi connectivity index (χ4n) is 1.31. The first kappa shape index (κ1) is 9.91. The number of nitrogens with zero attached hydrogens (tertiary/aromatic N) is 2. The van der Waals surface area contributed by atoms with Crippen molar-refractivity contribution < 1.29 is 0 Å². The lowest BCUT2D eigenvalue weighted by Gasteiger charge is -2.00. The summed E-state index contributed by atoms with van der Waals surface area (Å²) in [5.74, 6) is 0. The third-order valence-electron chi connectivity index (χ3n) is 1.92. The molecule has 0 fully saturated rings. The van der Waals surface area contributed by atoms with Crippen LogP contribution in [0.4, 0.5) is 0 Å². The molecule has 2 rings (SSSR count). The van der Waals surface area contributed by atoms with E-state index in [0.29, 0.717) is 16.9 Å². The molecule has 0 amide bonds. The first-order valence-corrected chi connectivity index (χ1v) is 4.92. The maximum atomic E-state index is 11.4. The maximum Gasteiger partial charge on any atom is 0.330 e. The number of halogens is 1. The Bertz CT molecular complexity index is 636. The van der Waals surface area contributed by atoms with E-state index in [1.54, 1.807) is 6.08 Å². The van der Waals surface area contributed by atoms with Crippen LogP contribution in [0, 0.1) is 0 Å². The lowest BCUT2D eigenvalue weighted by atomic mass is 10.5. The van der Waals surface area contributed by atoms with Crippen LogP contribution in [0.15, 0.2) is 27.0 Å². The van der Waals surface area contributed by atoms with Gasteiger partial charge in [0.05, 0.1) is 0 Å². The van der Waals surface area contributed by atoms with Crippen LogP contribution in [0.3, 0.4) is 0 Å². The van der Waals surface area contributed by atoms with Crippen LogP contribution in [-0.2, 0) is 6.54 Å². The van der Waals surface area contributed by atoms with E-state index >= 15 is 0 Å². The van der Waals surface area contributed by atoms with E-state index in [-0.39, 0.29) is 5.52 Å². The van der Waals surface area contributed by atoms with E-state index in [2.05, 4.69) is 37.5 Å². The van der Waals surface area contributed by atoms with Gasteiger partial charge < -0.3 is 4.98 Å². The molecule has 0 bridgehead atoms. The van der Waals surface area contributed by atoms with E-state index < -0.39 is 11.2 Å². The quantitative estimate of drug-likeness (QED) is 0.611. The van der Waals surface area contributed by atoms with Gasteiger partial charge in [-0.15, -0.1) is 6.58 Å². The second-order valence-electron chi connectivity index (χ2n) is 2.88. The number of imidazole rings is 1. The van der Waals surface area contributed by atoms with Crippen molar-refractivity contribution in [3.05, 3.63) is 38.2 Å².